The number of benzene rings is 2. The fourth-order valence-corrected chi connectivity index (χ4v) is 2.20. The first-order valence-corrected chi connectivity index (χ1v) is 9.39. The first-order valence-electron chi connectivity index (χ1n) is 9.39. The molecule has 0 aliphatic rings. The largest absolute Gasteiger partial charge is 0.508 e. The van der Waals surface area contributed by atoms with Gasteiger partial charge in [0.15, 0.2) is 0 Å². The highest BCUT2D eigenvalue weighted by atomic mass is 16.5. The van der Waals surface area contributed by atoms with Crippen molar-refractivity contribution in [2.24, 2.45) is 0 Å². The number of carbonyl (C=O) groups excluding carboxylic acids is 2. The predicted molar refractivity (Wildman–Crippen MR) is 112 cm³/mol. The van der Waals surface area contributed by atoms with Gasteiger partial charge in [0.2, 0.25) is 0 Å². The number of hydrogen-bond acceptors (Lipinski definition) is 6. The fraction of sp³-hybridized carbons (Fsp3) is 0.304. The van der Waals surface area contributed by atoms with E-state index in [0.717, 1.165) is 43.5 Å². The molecule has 0 aromatic heterocycles. The van der Waals surface area contributed by atoms with E-state index in [-0.39, 0.29) is 11.7 Å². The second-order valence-corrected chi connectivity index (χ2v) is 6.02. The zero-order chi connectivity index (χ0) is 21.3. The third kappa shape index (κ3) is 11.2. The molecule has 2 rings (SSSR count). The van der Waals surface area contributed by atoms with Crippen molar-refractivity contribution in [3.8, 4) is 17.2 Å². The van der Waals surface area contributed by atoms with Gasteiger partial charge in [-0.3, -0.25) is 4.79 Å². The second-order valence-electron chi connectivity index (χ2n) is 6.02. The van der Waals surface area contributed by atoms with Gasteiger partial charge in [-0.1, -0.05) is 6.58 Å². The lowest BCUT2D eigenvalue weighted by Crippen LogP contribution is -2.02. The van der Waals surface area contributed by atoms with E-state index in [1.54, 1.807) is 55.6 Å². The summed E-state index contributed by atoms with van der Waals surface area (Å²) in [5, 5.41) is 8.80. The smallest absolute Gasteiger partial charge is 0.330 e. The minimum Gasteiger partial charge on any atom is -0.508 e. The SMILES string of the molecule is C=CC(=O)OCCCCCCOc1ccc(C=O)cc1.COc1ccc(O)cc1. The number of esters is 1. The first-order chi connectivity index (χ1) is 14.1. The maximum Gasteiger partial charge on any atom is 0.330 e. The molecule has 0 aliphatic heterocycles. The van der Waals surface area contributed by atoms with Gasteiger partial charge in [0.1, 0.15) is 23.5 Å². The summed E-state index contributed by atoms with van der Waals surface area (Å²) in [5.41, 5.74) is 0.645. The van der Waals surface area contributed by atoms with Crippen molar-refractivity contribution in [1.29, 1.82) is 0 Å². The number of aromatic hydroxyl groups is 1. The minimum absolute atomic E-state index is 0.260. The fourth-order valence-electron chi connectivity index (χ4n) is 2.20. The maximum absolute atomic E-state index is 10.8. The van der Waals surface area contributed by atoms with Gasteiger partial charge < -0.3 is 19.3 Å². The monoisotopic (exact) mass is 400 g/mol. The van der Waals surface area contributed by atoms with Gasteiger partial charge in [-0.25, -0.2) is 4.79 Å². The molecule has 0 amide bonds. The molecule has 0 heterocycles. The van der Waals surface area contributed by atoms with Crippen LogP contribution in [-0.4, -0.2) is 37.7 Å². The lowest BCUT2D eigenvalue weighted by atomic mass is 10.2. The standard InChI is InChI=1S/C16H20O4.C7H8O2/c1-2-16(18)20-12-6-4-3-5-11-19-15-9-7-14(13-17)8-10-15;1-9-7-4-2-6(8)3-5-7/h2,7-10,13H,1,3-6,11-12H2;2-5,8H,1H3. The molecule has 0 unspecified atom stereocenters. The summed E-state index contributed by atoms with van der Waals surface area (Å²) < 4.78 is 15.3. The van der Waals surface area contributed by atoms with Crippen molar-refractivity contribution in [1.82, 2.24) is 0 Å². The summed E-state index contributed by atoms with van der Waals surface area (Å²) in [6.45, 7) is 4.42. The van der Waals surface area contributed by atoms with Crippen molar-refractivity contribution < 1.29 is 28.9 Å². The van der Waals surface area contributed by atoms with Crippen LogP contribution in [0.3, 0.4) is 0 Å². The second kappa shape index (κ2) is 14.7. The number of rotatable bonds is 11. The highest BCUT2D eigenvalue weighted by molar-refractivity contribution is 5.81. The van der Waals surface area contributed by atoms with Gasteiger partial charge in [0.25, 0.3) is 0 Å². The lowest BCUT2D eigenvalue weighted by Gasteiger charge is -2.06. The molecule has 0 radical (unpaired) electrons. The van der Waals surface area contributed by atoms with Gasteiger partial charge in [0.05, 0.1) is 20.3 Å². The Balaban J connectivity index is 0.000000387. The van der Waals surface area contributed by atoms with Crippen LogP contribution in [0, 0.1) is 0 Å². The van der Waals surface area contributed by atoms with Crippen LogP contribution < -0.4 is 9.47 Å². The quantitative estimate of drug-likeness (QED) is 0.258. The van der Waals surface area contributed by atoms with E-state index in [1.807, 2.05) is 0 Å². The van der Waals surface area contributed by atoms with Crippen molar-refractivity contribution >= 4 is 12.3 Å². The van der Waals surface area contributed by atoms with Gasteiger partial charge in [-0.15, -0.1) is 0 Å². The summed E-state index contributed by atoms with van der Waals surface area (Å²) in [4.78, 5) is 21.3. The average Bonchev–Trinajstić information content (AvgIpc) is 2.76. The van der Waals surface area contributed by atoms with Crippen LogP contribution in [-0.2, 0) is 9.53 Å². The van der Waals surface area contributed by atoms with E-state index in [4.69, 9.17) is 19.3 Å². The van der Waals surface area contributed by atoms with Crippen LogP contribution in [0.2, 0.25) is 0 Å². The van der Waals surface area contributed by atoms with Gasteiger partial charge in [0, 0.05) is 11.6 Å². The Bertz CT molecular complexity index is 722. The number of carbonyl (C=O) groups is 2. The summed E-state index contributed by atoms with van der Waals surface area (Å²) in [5.74, 6) is 1.42. The number of aldehydes is 1. The molecule has 6 nitrogen and oxygen atoms in total. The van der Waals surface area contributed by atoms with Gasteiger partial charge in [-0.2, -0.15) is 0 Å². The molecule has 29 heavy (non-hydrogen) atoms. The number of methoxy groups -OCH3 is 1. The molecule has 156 valence electrons. The zero-order valence-corrected chi connectivity index (χ0v) is 16.7. The number of ether oxygens (including phenoxy) is 3. The molecule has 2 aromatic carbocycles. The third-order valence-corrected chi connectivity index (χ3v) is 3.81. The molecule has 6 heteroatoms. The topological polar surface area (TPSA) is 82.1 Å². The Hall–Kier alpha value is -3.28. The summed E-state index contributed by atoms with van der Waals surface area (Å²) >= 11 is 0. The van der Waals surface area contributed by atoms with Crippen molar-refractivity contribution in [3.05, 3.63) is 66.7 Å². The molecule has 0 atom stereocenters. The summed E-state index contributed by atoms with van der Waals surface area (Å²) in [6.07, 6.45) is 5.81. The summed E-state index contributed by atoms with van der Waals surface area (Å²) in [6, 6.07) is 13.6. The van der Waals surface area contributed by atoms with Crippen LogP contribution >= 0.6 is 0 Å². The average molecular weight is 400 g/mol. The molecule has 0 saturated carbocycles. The maximum atomic E-state index is 10.8. The first kappa shape index (κ1) is 23.8. The van der Waals surface area contributed by atoms with Crippen molar-refractivity contribution in [2.45, 2.75) is 25.7 Å². The summed E-state index contributed by atoms with van der Waals surface area (Å²) in [7, 11) is 1.59. The van der Waals surface area contributed by atoms with E-state index in [9.17, 15) is 9.59 Å². The Morgan fingerprint density at radius 2 is 1.52 bits per heavy atom. The van der Waals surface area contributed by atoms with E-state index in [2.05, 4.69) is 6.58 Å². The molecule has 0 aliphatic carbocycles. The number of phenols is 1. The van der Waals surface area contributed by atoms with Crippen LogP contribution in [0.25, 0.3) is 0 Å². The number of phenolic OH excluding ortho intramolecular Hbond substituents is 1. The highest BCUT2D eigenvalue weighted by Crippen LogP contribution is 2.14. The molecule has 0 spiro atoms. The van der Waals surface area contributed by atoms with Crippen molar-refractivity contribution in [3.63, 3.8) is 0 Å². The van der Waals surface area contributed by atoms with Crippen LogP contribution in [0.1, 0.15) is 36.0 Å². The zero-order valence-electron chi connectivity index (χ0n) is 16.7. The van der Waals surface area contributed by atoms with Crippen molar-refractivity contribution in [2.75, 3.05) is 20.3 Å². The Morgan fingerprint density at radius 3 is 2.07 bits per heavy atom. The number of hydrogen-bond donors (Lipinski definition) is 1. The van der Waals surface area contributed by atoms with Crippen LogP contribution in [0.5, 0.6) is 17.2 Å². The van der Waals surface area contributed by atoms with Crippen LogP contribution in [0.4, 0.5) is 0 Å². The normalized spacial score (nSPS) is 9.55. The molecule has 2 aromatic rings. The molecular formula is C23H28O6. The van der Waals surface area contributed by atoms with Crippen LogP contribution in [0.15, 0.2) is 61.2 Å². The minimum atomic E-state index is -0.368. The molecule has 0 saturated heterocycles. The highest BCUT2D eigenvalue weighted by Gasteiger charge is 1.97. The van der Waals surface area contributed by atoms with E-state index < -0.39 is 0 Å². The predicted octanol–water partition coefficient (Wildman–Crippen LogP) is 4.57. The van der Waals surface area contributed by atoms with Gasteiger partial charge in [-0.05, 0) is 74.2 Å². The van der Waals surface area contributed by atoms with E-state index in [0.29, 0.717) is 18.8 Å². The molecular weight excluding hydrogens is 372 g/mol. The molecule has 0 bridgehead atoms. The number of unbranched alkanes of at least 4 members (excludes halogenated alkanes) is 3. The Labute approximate surface area is 171 Å². The van der Waals surface area contributed by atoms with E-state index in [1.165, 1.54) is 6.08 Å². The van der Waals surface area contributed by atoms with E-state index >= 15 is 0 Å². The molecule has 0 fully saturated rings. The van der Waals surface area contributed by atoms with Gasteiger partial charge >= 0.3 is 5.97 Å². The Morgan fingerprint density at radius 1 is 0.931 bits per heavy atom. The molecule has 1 N–H and O–H groups in total. The Kier molecular flexibility index (Phi) is 12.1. The third-order valence-electron chi connectivity index (χ3n) is 3.81. The lowest BCUT2D eigenvalue weighted by molar-refractivity contribution is -0.137.